The van der Waals surface area contributed by atoms with E-state index in [0.29, 0.717) is 12.5 Å². The minimum atomic E-state index is 0.0703. The first-order chi connectivity index (χ1) is 8.97. The Morgan fingerprint density at radius 3 is 2.58 bits per heavy atom. The number of thioether (sulfide) groups is 1. The van der Waals surface area contributed by atoms with Gasteiger partial charge in [-0.3, -0.25) is 4.79 Å². The molecule has 1 aromatic carbocycles. The molecule has 2 N–H and O–H groups in total. The van der Waals surface area contributed by atoms with Crippen LogP contribution in [0.4, 0.5) is 0 Å². The number of nitrogens with two attached hydrogens (primary N) is 1. The number of rotatable bonds is 6. The van der Waals surface area contributed by atoms with Gasteiger partial charge >= 0.3 is 0 Å². The van der Waals surface area contributed by atoms with Gasteiger partial charge in [0.25, 0.3) is 5.91 Å². The molecule has 0 aliphatic carbocycles. The van der Waals surface area contributed by atoms with Gasteiger partial charge in [0.05, 0.1) is 5.56 Å². The number of benzene rings is 1. The van der Waals surface area contributed by atoms with Crippen LogP contribution in [-0.4, -0.2) is 36.7 Å². The van der Waals surface area contributed by atoms with Crippen LogP contribution in [0.2, 0.25) is 0 Å². The first kappa shape index (κ1) is 16.1. The fraction of sp³-hybridized carbons (Fsp3) is 0.533. The highest BCUT2D eigenvalue weighted by molar-refractivity contribution is 7.98. The highest BCUT2D eigenvalue weighted by Gasteiger charge is 2.16. The summed E-state index contributed by atoms with van der Waals surface area (Å²) in [7, 11) is 1.84. The lowest BCUT2D eigenvalue weighted by molar-refractivity contribution is 0.0786. The van der Waals surface area contributed by atoms with Crippen LogP contribution < -0.4 is 5.73 Å². The van der Waals surface area contributed by atoms with Gasteiger partial charge < -0.3 is 10.6 Å². The van der Waals surface area contributed by atoms with Crippen molar-refractivity contribution in [3.05, 3.63) is 29.8 Å². The number of carbonyl (C=O) groups is 1. The van der Waals surface area contributed by atoms with E-state index in [1.165, 1.54) is 0 Å². The van der Waals surface area contributed by atoms with E-state index in [-0.39, 0.29) is 11.9 Å². The van der Waals surface area contributed by atoms with E-state index in [1.807, 2.05) is 37.6 Å². The molecule has 0 saturated carbocycles. The maximum Gasteiger partial charge on any atom is 0.254 e. The van der Waals surface area contributed by atoms with Crippen molar-refractivity contribution in [2.24, 2.45) is 11.7 Å². The molecule has 0 spiro atoms. The first-order valence-electron chi connectivity index (χ1n) is 6.61. The van der Waals surface area contributed by atoms with Crippen molar-refractivity contribution in [3.8, 4) is 0 Å². The quantitative estimate of drug-likeness (QED) is 0.815. The number of nitrogens with zero attached hydrogens (tertiary/aromatic N) is 1. The van der Waals surface area contributed by atoms with Gasteiger partial charge in [-0.05, 0) is 30.7 Å². The summed E-state index contributed by atoms with van der Waals surface area (Å²) >= 11 is 1.60. The molecule has 0 radical (unpaired) electrons. The van der Waals surface area contributed by atoms with Crippen molar-refractivity contribution in [1.82, 2.24) is 4.90 Å². The summed E-state index contributed by atoms with van der Waals surface area (Å²) in [5.41, 5.74) is 6.79. The molecule has 0 fully saturated rings. The fourth-order valence-electron chi connectivity index (χ4n) is 1.80. The van der Waals surface area contributed by atoms with Crippen LogP contribution in [0.3, 0.4) is 0 Å². The van der Waals surface area contributed by atoms with Gasteiger partial charge in [0.15, 0.2) is 0 Å². The summed E-state index contributed by atoms with van der Waals surface area (Å²) in [6.45, 7) is 4.91. The van der Waals surface area contributed by atoms with Crippen molar-refractivity contribution in [1.29, 1.82) is 0 Å². The van der Waals surface area contributed by atoms with E-state index in [1.54, 1.807) is 16.7 Å². The van der Waals surface area contributed by atoms with Crippen LogP contribution in [0.5, 0.6) is 0 Å². The van der Waals surface area contributed by atoms with Gasteiger partial charge in [-0.25, -0.2) is 0 Å². The van der Waals surface area contributed by atoms with E-state index in [0.717, 1.165) is 16.9 Å². The smallest absolute Gasteiger partial charge is 0.254 e. The number of hydrogen-bond acceptors (Lipinski definition) is 3. The molecule has 0 aliphatic rings. The number of carbonyl (C=O) groups excluding carboxylic acids is 1. The Morgan fingerprint density at radius 2 is 2.00 bits per heavy atom. The van der Waals surface area contributed by atoms with Crippen LogP contribution in [0.25, 0.3) is 0 Å². The second-order valence-corrected chi connectivity index (χ2v) is 5.97. The predicted octanol–water partition coefficient (Wildman–Crippen LogP) is 2.85. The first-order valence-corrected chi connectivity index (χ1v) is 7.84. The van der Waals surface area contributed by atoms with Crippen LogP contribution in [0.1, 0.15) is 30.6 Å². The Morgan fingerprint density at radius 1 is 1.37 bits per heavy atom. The molecule has 1 aromatic rings. The van der Waals surface area contributed by atoms with Crippen molar-refractivity contribution in [2.75, 3.05) is 19.8 Å². The summed E-state index contributed by atoms with van der Waals surface area (Å²) in [5.74, 6) is 0.517. The monoisotopic (exact) mass is 280 g/mol. The van der Waals surface area contributed by atoms with Crippen molar-refractivity contribution < 1.29 is 4.79 Å². The molecule has 1 atom stereocenters. The van der Waals surface area contributed by atoms with Gasteiger partial charge in [0.2, 0.25) is 0 Å². The fourth-order valence-corrected chi connectivity index (χ4v) is 2.39. The molecule has 0 aliphatic heterocycles. The molecular weight excluding hydrogens is 256 g/mol. The number of amides is 1. The lowest BCUT2D eigenvalue weighted by Crippen LogP contribution is -2.34. The molecular formula is C15H24N2OS. The molecule has 106 valence electrons. The molecule has 0 heterocycles. The molecule has 3 nitrogen and oxygen atoms in total. The summed E-state index contributed by atoms with van der Waals surface area (Å²) in [5, 5.41) is 0. The minimum absolute atomic E-state index is 0.0703. The van der Waals surface area contributed by atoms with Gasteiger partial charge in [-0.1, -0.05) is 26.0 Å². The van der Waals surface area contributed by atoms with Crippen LogP contribution in [0, 0.1) is 5.92 Å². The molecule has 1 unspecified atom stereocenters. The van der Waals surface area contributed by atoms with E-state index in [2.05, 4.69) is 13.8 Å². The largest absolute Gasteiger partial charge is 0.342 e. The Kier molecular flexibility index (Phi) is 6.38. The summed E-state index contributed by atoms with van der Waals surface area (Å²) in [4.78, 5) is 15.2. The van der Waals surface area contributed by atoms with Gasteiger partial charge in [0.1, 0.15) is 0 Å². The summed E-state index contributed by atoms with van der Waals surface area (Å²) < 4.78 is 0. The van der Waals surface area contributed by atoms with Crippen LogP contribution in [-0.2, 0) is 0 Å². The molecule has 1 amide bonds. The molecule has 0 saturated heterocycles. The van der Waals surface area contributed by atoms with Gasteiger partial charge in [0, 0.05) is 24.5 Å². The molecule has 0 aromatic heterocycles. The second-order valence-electron chi connectivity index (χ2n) is 5.12. The maximum absolute atomic E-state index is 12.4. The lowest BCUT2D eigenvalue weighted by Gasteiger charge is -2.22. The van der Waals surface area contributed by atoms with Crippen LogP contribution >= 0.6 is 11.8 Å². The Labute approximate surface area is 120 Å². The highest BCUT2D eigenvalue weighted by atomic mass is 32.2. The normalized spacial score (nSPS) is 12.5. The average molecular weight is 280 g/mol. The molecule has 4 heteroatoms. The third-order valence-electron chi connectivity index (χ3n) is 3.34. The molecule has 19 heavy (non-hydrogen) atoms. The number of hydrogen-bond donors (Lipinski definition) is 1. The maximum atomic E-state index is 12.4. The summed E-state index contributed by atoms with van der Waals surface area (Å²) in [6.07, 6.45) is 2.82. The standard InChI is InChI=1S/C15H24N2OS/c1-11(2)13(16)9-10-17(3)15(18)12-7-5-6-8-14(12)19-4/h5-8,11,13H,9-10,16H2,1-4H3. The van der Waals surface area contributed by atoms with E-state index in [9.17, 15) is 4.79 Å². The Bertz CT molecular complexity index is 420. The van der Waals surface area contributed by atoms with Crippen molar-refractivity contribution in [2.45, 2.75) is 31.2 Å². The third kappa shape index (κ3) is 4.55. The Balaban J connectivity index is 2.66. The zero-order valence-electron chi connectivity index (χ0n) is 12.2. The van der Waals surface area contributed by atoms with E-state index in [4.69, 9.17) is 5.73 Å². The van der Waals surface area contributed by atoms with E-state index < -0.39 is 0 Å². The van der Waals surface area contributed by atoms with Gasteiger partial charge in [-0.15, -0.1) is 11.8 Å². The predicted molar refractivity (Wildman–Crippen MR) is 82.6 cm³/mol. The average Bonchev–Trinajstić information content (AvgIpc) is 2.43. The third-order valence-corrected chi connectivity index (χ3v) is 4.13. The zero-order valence-corrected chi connectivity index (χ0v) is 13.0. The van der Waals surface area contributed by atoms with Crippen molar-refractivity contribution in [3.63, 3.8) is 0 Å². The topological polar surface area (TPSA) is 46.3 Å². The highest BCUT2D eigenvalue weighted by Crippen LogP contribution is 2.21. The van der Waals surface area contributed by atoms with Crippen molar-refractivity contribution >= 4 is 17.7 Å². The van der Waals surface area contributed by atoms with Crippen LogP contribution in [0.15, 0.2) is 29.2 Å². The van der Waals surface area contributed by atoms with Gasteiger partial charge in [-0.2, -0.15) is 0 Å². The Hall–Kier alpha value is -1.00. The molecule has 1 rings (SSSR count). The molecule has 0 bridgehead atoms. The zero-order chi connectivity index (χ0) is 14.4. The summed E-state index contributed by atoms with van der Waals surface area (Å²) in [6, 6.07) is 7.86. The lowest BCUT2D eigenvalue weighted by atomic mass is 10.0. The van der Waals surface area contributed by atoms with E-state index >= 15 is 0 Å². The SMILES string of the molecule is CSc1ccccc1C(=O)N(C)CCC(N)C(C)C. The second kappa shape index (κ2) is 7.56. The minimum Gasteiger partial charge on any atom is -0.342 e.